The van der Waals surface area contributed by atoms with Gasteiger partial charge in [-0.25, -0.2) is 4.79 Å². The lowest BCUT2D eigenvalue weighted by Crippen LogP contribution is -2.42. The number of urea groups is 1. The van der Waals surface area contributed by atoms with Crippen molar-refractivity contribution in [2.75, 3.05) is 13.6 Å². The van der Waals surface area contributed by atoms with E-state index in [-0.39, 0.29) is 12.1 Å². The highest BCUT2D eigenvalue weighted by molar-refractivity contribution is 6.42. The smallest absolute Gasteiger partial charge is 0.317 e. The Morgan fingerprint density at radius 1 is 1.41 bits per heavy atom. The number of nitrogens with one attached hydrogen (secondary N) is 1. The van der Waals surface area contributed by atoms with E-state index in [9.17, 15) is 9.90 Å². The zero-order valence-corrected chi connectivity index (χ0v) is 14.0. The van der Waals surface area contributed by atoms with Gasteiger partial charge in [0.2, 0.25) is 0 Å². The Bertz CT molecular complexity index is 590. The predicted octanol–water partition coefficient (Wildman–Crippen LogP) is 3.39. The Balaban J connectivity index is 1.62. The molecule has 0 radical (unpaired) electrons. The molecule has 0 aromatic heterocycles. The maximum Gasteiger partial charge on any atom is 0.317 e. The third-order valence-electron chi connectivity index (χ3n) is 4.56. The molecule has 2 aliphatic carbocycles. The maximum absolute atomic E-state index is 12.3. The number of nitrogens with zero attached hydrogens (tertiary/aromatic N) is 1. The first kappa shape index (κ1) is 15.9. The van der Waals surface area contributed by atoms with Gasteiger partial charge in [-0.15, -0.1) is 0 Å². The molecule has 2 atom stereocenters. The minimum atomic E-state index is -0.417. The van der Waals surface area contributed by atoms with Crippen LogP contribution in [-0.2, 0) is 6.42 Å². The first-order valence-corrected chi connectivity index (χ1v) is 8.39. The Labute approximate surface area is 140 Å². The van der Waals surface area contributed by atoms with E-state index in [0.717, 1.165) is 36.8 Å². The molecule has 2 unspecified atom stereocenters. The third kappa shape index (κ3) is 3.19. The number of aliphatic hydroxyl groups is 1. The van der Waals surface area contributed by atoms with Crippen molar-refractivity contribution in [2.24, 2.45) is 5.92 Å². The first-order valence-electron chi connectivity index (χ1n) is 7.64. The van der Waals surface area contributed by atoms with E-state index >= 15 is 0 Å². The van der Waals surface area contributed by atoms with Crippen LogP contribution in [-0.4, -0.2) is 35.7 Å². The first-order chi connectivity index (χ1) is 10.5. The molecule has 1 saturated carbocycles. The number of halogens is 2. The molecule has 2 N–H and O–H groups in total. The van der Waals surface area contributed by atoms with Gasteiger partial charge in [0, 0.05) is 13.6 Å². The molecule has 2 aliphatic rings. The average Bonchev–Trinajstić information content (AvgIpc) is 3.26. The highest BCUT2D eigenvalue weighted by atomic mass is 35.5. The fourth-order valence-electron chi connectivity index (χ4n) is 3.04. The third-order valence-corrected chi connectivity index (χ3v) is 5.41. The lowest BCUT2D eigenvalue weighted by atomic mass is 10.1. The summed E-state index contributed by atoms with van der Waals surface area (Å²) in [5, 5.41) is 14.1. The van der Waals surface area contributed by atoms with Crippen molar-refractivity contribution in [3.05, 3.63) is 33.3 Å². The fourth-order valence-corrected chi connectivity index (χ4v) is 3.48. The molecule has 6 heteroatoms. The Morgan fingerprint density at radius 2 is 2.14 bits per heavy atom. The van der Waals surface area contributed by atoms with Crippen molar-refractivity contribution in [1.29, 1.82) is 0 Å². The summed E-state index contributed by atoms with van der Waals surface area (Å²) >= 11 is 12.3. The van der Waals surface area contributed by atoms with Gasteiger partial charge in [0.25, 0.3) is 0 Å². The maximum atomic E-state index is 12.3. The van der Waals surface area contributed by atoms with Crippen LogP contribution in [0.25, 0.3) is 0 Å². The van der Waals surface area contributed by atoms with E-state index < -0.39 is 6.10 Å². The molecule has 0 heterocycles. The zero-order valence-electron chi connectivity index (χ0n) is 12.5. The molecule has 3 rings (SSSR count). The number of hydrogen-bond acceptors (Lipinski definition) is 2. The number of carbonyl (C=O) groups excluding carboxylic acids is 1. The molecule has 1 aromatic carbocycles. The van der Waals surface area contributed by atoms with E-state index in [0.29, 0.717) is 22.5 Å². The summed E-state index contributed by atoms with van der Waals surface area (Å²) in [5.41, 5.74) is 2.07. The van der Waals surface area contributed by atoms with Crippen LogP contribution in [0.4, 0.5) is 4.79 Å². The molecular formula is C16H20Cl2N2O2. The summed E-state index contributed by atoms with van der Waals surface area (Å²) in [4.78, 5) is 13.8. The SMILES string of the molecule is CN(CC(O)C1CC1)C(=O)NC1CCc2c1ccc(Cl)c2Cl. The van der Waals surface area contributed by atoms with E-state index in [1.807, 2.05) is 6.07 Å². The van der Waals surface area contributed by atoms with Crippen molar-refractivity contribution in [1.82, 2.24) is 10.2 Å². The van der Waals surface area contributed by atoms with Crippen LogP contribution in [0, 0.1) is 5.92 Å². The molecule has 120 valence electrons. The molecule has 0 bridgehead atoms. The van der Waals surface area contributed by atoms with Crippen molar-refractivity contribution >= 4 is 29.2 Å². The van der Waals surface area contributed by atoms with Crippen molar-refractivity contribution < 1.29 is 9.90 Å². The van der Waals surface area contributed by atoms with Gasteiger partial charge in [-0.05, 0) is 48.8 Å². The quantitative estimate of drug-likeness (QED) is 0.880. The van der Waals surface area contributed by atoms with Crippen molar-refractivity contribution in [3.63, 3.8) is 0 Å². The summed E-state index contributed by atoms with van der Waals surface area (Å²) in [6, 6.07) is 3.50. The fraction of sp³-hybridized carbons (Fsp3) is 0.562. The molecule has 1 fully saturated rings. The molecule has 1 aromatic rings. The lowest BCUT2D eigenvalue weighted by Gasteiger charge is -2.24. The van der Waals surface area contributed by atoms with Crippen LogP contribution >= 0.6 is 23.2 Å². The van der Waals surface area contributed by atoms with Gasteiger partial charge in [0.15, 0.2) is 0 Å². The van der Waals surface area contributed by atoms with Crippen molar-refractivity contribution in [2.45, 2.75) is 37.8 Å². The number of amides is 2. The number of carbonyl (C=O) groups is 1. The monoisotopic (exact) mass is 342 g/mol. The minimum Gasteiger partial charge on any atom is -0.391 e. The van der Waals surface area contributed by atoms with Gasteiger partial charge in [-0.3, -0.25) is 0 Å². The highest BCUT2D eigenvalue weighted by Gasteiger charge is 2.32. The topological polar surface area (TPSA) is 52.6 Å². The number of aliphatic hydroxyl groups excluding tert-OH is 1. The van der Waals surface area contributed by atoms with Crippen LogP contribution < -0.4 is 5.32 Å². The summed E-state index contributed by atoms with van der Waals surface area (Å²) in [7, 11) is 1.71. The number of rotatable bonds is 4. The molecule has 0 saturated heterocycles. The molecular weight excluding hydrogens is 323 g/mol. The lowest BCUT2D eigenvalue weighted by molar-refractivity contribution is 0.112. The second-order valence-corrected chi connectivity index (χ2v) is 7.04. The Kier molecular flexibility index (Phi) is 4.53. The second-order valence-electron chi connectivity index (χ2n) is 6.26. The average molecular weight is 343 g/mol. The van der Waals surface area contributed by atoms with E-state index in [1.165, 1.54) is 0 Å². The van der Waals surface area contributed by atoms with Gasteiger partial charge in [0.05, 0.1) is 22.2 Å². The number of benzene rings is 1. The minimum absolute atomic E-state index is 0.0437. The van der Waals surface area contributed by atoms with Gasteiger partial charge in [0.1, 0.15) is 0 Å². The van der Waals surface area contributed by atoms with E-state index in [1.54, 1.807) is 18.0 Å². The van der Waals surface area contributed by atoms with E-state index in [2.05, 4.69) is 5.32 Å². The summed E-state index contributed by atoms with van der Waals surface area (Å²) in [5.74, 6) is 0.364. The van der Waals surface area contributed by atoms with Gasteiger partial charge < -0.3 is 15.3 Å². The molecule has 0 aliphatic heterocycles. The van der Waals surface area contributed by atoms with Crippen LogP contribution in [0.1, 0.15) is 36.4 Å². The van der Waals surface area contributed by atoms with Crippen LogP contribution in [0.3, 0.4) is 0 Å². The summed E-state index contributed by atoms with van der Waals surface area (Å²) in [6.45, 7) is 0.372. The highest BCUT2D eigenvalue weighted by Crippen LogP contribution is 2.39. The second kappa shape index (κ2) is 6.26. The number of fused-ring (bicyclic) bond motifs is 1. The summed E-state index contributed by atoms with van der Waals surface area (Å²) in [6.07, 6.45) is 3.34. The zero-order chi connectivity index (χ0) is 15.9. The number of likely N-dealkylation sites (N-methyl/N-ethyl adjacent to an activating group) is 1. The Hall–Kier alpha value is -0.970. The number of hydrogen-bond donors (Lipinski definition) is 2. The van der Waals surface area contributed by atoms with Gasteiger partial charge >= 0.3 is 6.03 Å². The molecule has 0 spiro atoms. The predicted molar refractivity (Wildman–Crippen MR) is 87.4 cm³/mol. The van der Waals surface area contributed by atoms with Gasteiger partial charge in [-0.2, -0.15) is 0 Å². The normalized spacial score (nSPS) is 21.4. The van der Waals surface area contributed by atoms with Crippen molar-refractivity contribution in [3.8, 4) is 0 Å². The standard InChI is InChI=1S/C16H20Cl2N2O2/c1-20(8-14(21)9-2-3-9)16(22)19-13-7-5-11-10(13)4-6-12(17)15(11)18/h4,6,9,13-14,21H,2-3,5,7-8H2,1H3,(H,19,22). The van der Waals surface area contributed by atoms with Crippen LogP contribution in [0.5, 0.6) is 0 Å². The summed E-state index contributed by atoms with van der Waals surface area (Å²) < 4.78 is 0. The van der Waals surface area contributed by atoms with Gasteiger partial charge in [-0.1, -0.05) is 29.3 Å². The molecule has 2 amide bonds. The van der Waals surface area contributed by atoms with Crippen LogP contribution in [0.2, 0.25) is 10.0 Å². The largest absolute Gasteiger partial charge is 0.391 e. The van der Waals surface area contributed by atoms with Crippen LogP contribution in [0.15, 0.2) is 12.1 Å². The van der Waals surface area contributed by atoms with E-state index in [4.69, 9.17) is 23.2 Å². The molecule has 22 heavy (non-hydrogen) atoms. The molecule has 4 nitrogen and oxygen atoms in total. The Morgan fingerprint density at radius 3 is 2.82 bits per heavy atom.